The van der Waals surface area contributed by atoms with Gasteiger partial charge in [0.1, 0.15) is 5.82 Å². The molecule has 3 heteroatoms. The standard InChI is InChI=1S/C13H13FO2/c1-16-13(15)8-9-6-11(7-9)10-2-4-12(14)5-3-10/h2-5,8,11H,6-7H2,1H3. The van der Waals surface area contributed by atoms with Crippen LogP contribution in [0.2, 0.25) is 0 Å². The van der Waals surface area contributed by atoms with Crippen molar-refractivity contribution in [3.05, 3.63) is 47.3 Å². The number of hydrogen-bond donors (Lipinski definition) is 0. The summed E-state index contributed by atoms with van der Waals surface area (Å²) in [6.45, 7) is 0. The fourth-order valence-electron chi connectivity index (χ4n) is 1.89. The summed E-state index contributed by atoms with van der Waals surface area (Å²) < 4.78 is 17.2. The smallest absolute Gasteiger partial charge is 0.330 e. The number of halogens is 1. The first-order valence-electron chi connectivity index (χ1n) is 5.22. The molecule has 0 bridgehead atoms. The molecule has 0 heterocycles. The third kappa shape index (κ3) is 2.30. The Balaban J connectivity index is 1.96. The minimum Gasteiger partial charge on any atom is -0.466 e. The molecular weight excluding hydrogens is 207 g/mol. The Morgan fingerprint density at radius 1 is 1.38 bits per heavy atom. The topological polar surface area (TPSA) is 26.3 Å². The van der Waals surface area contributed by atoms with Crippen LogP contribution < -0.4 is 0 Å². The van der Waals surface area contributed by atoms with E-state index in [0.717, 1.165) is 24.0 Å². The SMILES string of the molecule is COC(=O)C=C1CC(c2ccc(F)cc2)C1. The molecule has 1 saturated carbocycles. The zero-order valence-electron chi connectivity index (χ0n) is 9.07. The average Bonchev–Trinajstić information content (AvgIpc) is 2.24. The van der Waals surface area contributed by atoms with Gasteiger partial charge in [0.05, 0.1) is 7.11 Å². The zero-order chi connectivity index (χ0) is 11.5. The van der Waals surface area contributed by atoms with Crippen LogP contribution in [0.15, 0.2) is 35.9 Å². The van der Waals surface area contributed by atoms with Gasteiger partial charge in [-0.25, -0.2) is 9.18 Å². The second-order valence-corrected chi connectivity index (χ2v) is 3.98. The summed E-state index contributed by atoms with van der Waals surface area (Å²) in [5.74, 6) is -0.0996. The van der Waals surface area contributed by atoms with Gasteiger partial charge >= 0.3 is 5.97 Å². The van der Waals surface area contributed by atoms with Gasteiger partial charge in [-0.3, -0.25) is 0 Å². The quantitative estimate of drug-likeness (QED) is 0.566. The Kier molecular flexibility index (Phi) is 3.04. The van der Waals surface area contributed by atoms with Crippen LogP contribution in [0, 0.1) is 5.82 Å². The molecule has 1 aliphatic carbocycles. The average molecular weight is 220 g/mol. The highest BCUT2D eigenvalue weighted by Gasteiger charge is 2.25. The molecule has 0 atom stereocenters. The summed E-state index contributed by atoms with van der Waals surface area (Å²) in [6.07, 6.45) is 3.27. The van der Waals surface area contributed by atoms with Gasteiger partial charge in [-0.05, 0) is 36.5 Å². The highest BCUT2D eigenvalue weighted by Crippen LogP contribution is 2.40. The van der Waals surface area contributed by atoms with Crippen molar-refractivity contribution in [3.8, 4) is 0 Å². The predicted octanol–water partition coefficient (Wildman–Crippen LogP) is 2.80. The number of esters is 1. The Morgan fingerprint density at radius 2 is 2.00 bits per heavy atom. The Bertz CT molecular complexity index is 412. The van der Waals surface area contributed by atoms with E-state index in [4.69, 9.17) is 0 Å². The lowest BCUT2D eigenvalue weighted by atomic mass is 9.75. The van der Waals surface area contributed by atoms with E-state index in [2.05, 4.69) is 4.74 Å². The van der Waals surface area contributed by atoms with Crippen LogP contribution in [0.1, 0.15) is 24.3 Å². The molecule has 1 aliphatic rings. The molecule has 16 heavy (non-hydrogen) atoms. The van der Waals surface area contributed by atoms with Crippen LogP contribution in [0.4, 0.5) is 4.39 Å². The molecule has 0 N–H and O–H groups in total. The van der Waals surface area contributed by atoms with E-state index in [1.165, 1.54) is 19.2 Å². The van der Waals surface area contributed by atoms with E-state index >= 15 is 0 Å². The predicted molar refractivity (Wildman–Crippen MR) is 58.5 cm³/mol. The van der Waals surface area contributed by atoms with Gasteiger partial charge in [0.2, 0.25) is 0 Å². The van der Waals surface area contributed by atoms with Crippen LogP contribution in [0.5, 0.6) is 0 Å². The van der Waals surface area contributed by atoms with Gasteiger partial charge in [-0.1, -0.05) is 17.7 Å². The number of rotatable bonds is 2. The molecule has 84 valence electrons. The minimum absolute atomic E-state index is 0.214. The molecule has 1 aromatic rings. The van der Waals surface area contributed by atoms with Crippen LogP contribution >= 0.6 is 0 Å². The lowest BCUT2D eigenvalue weighted by molar-refractivity contribution is -0.134. The van der Waals surface area contributed by atoms with Gasteiger partial charge in [-0.2, -0.15) is 0 Å². The molecule has 0 saturated heterocycles. The number of carbonyl (C=O) groups is 1. The van der Waals surface area contributed by atoms with E-state index in [-0.39, 0.29) is 11.8 Å². The first kappa shape index (κ1) is 10.9. The van der Waals surface area contributed by atoms with Gasteiger partial charge in [0.15, 0.2) is 0 Å². The summed E-state index contributed by atoms with van der Waals surface area (Å²) in [4.78, 5) is 11.0. The number of benzene rings is 1. The van der Waals surface area contributed by atoms with Crippen molar-refractivity contribution in [2.45, 2.75) is 18.8 Å². The van der Waals surface area contributed by atoms with Crippen molar-refractivity contribution in [1.82, 2.24) is 0 Å². The molecule has 0 aromatic heterocycles. The summed E-state index contributed by atoms with van der Waals surface area (Å²) in [7, 11) is 1.37. The van der Waals surface area contributed by atoms with Crippen LogP contribution in [0.3, 0.4) is 0 Å². The molecular formula is C13H13FO2. The second kappa shape index (κ2) is 4.47. The number of methoxy groups -OCH3 is 1. The molecule has 1 aromatic carbocycles. The van der Waals surface area contributed by atoms with Gasteiger partial charge in [-0.15, -0.1) is 0 Å². The molecule has 0 spiro atoms. The van der Waals surface area contributed by atoms with E-state index in [0.29, 0.717) is 5.92 Å². The lowest BCUT2D eigenvalue weighted by Crippen LogP contribution is -2.14. The Morgan fingerprint density at radius 3 is 2.56 bits per heavy atom. The third-order valence-electron chi connectivity index (χ3n) is 2.88. The summed E-state index contributed by atoms with van der Waals surface area (Å²) in [5.41, 5.74) is 2.23. The normalized spacial score (nSPS) is 18.9. The summed E-state index contributed by atoms with van der Waals surface area (Å²) in [5, 5.41) is 0. The minimum atomic E-state index is -0.299. The van der Waals surface area contributed by atoms with E-state index in [1.807, 2.05) is 0 Å². The van der Waals surface area contributed by atoms with Crippen molar-refractivity contribution in [2.24, 2.45) is 0 Å². The maximum atomic E-state index is 12.7. The highest BCUT2D eigenvalue weighted by atomic mass is 19.1. The molecule has 0 aliphatic heterocycles. The highest BCUT2D eigenvalue weighted by molar-refractivity contribution is 5.83. The molecule has 2 nitrogen and oxygen atoms in total. The molecule has 1 fully saturated rings. The van der Waals surface area contributed by atoms with Crippen LogP contribution in [-0.4, -0.2) is 13.1 Å². The number of hydrogen-bond acceptors (Lipinski definition) is 2. The lowest BCUT2D eigenvalue weighted by Gasteiger charge is -2.29. The maximum absolute atomic E-state index is 12.7. The van der Waals surface area contributed by atoms with E-state index in [9.17, 15) is 9.18 Å². The number of carbonyl (C=O) groups excluding carboxylic acids is 1. The van der Waals surface area contributed by atoms with Crippen molar-refractivity contribution in [1.29, 1.82) is 0 Å². The largest absolute Gasteiger partial charge is 0.466 e. The monoisotopic (exact) mass is 220 g/mol. The number of allylic oxidation sites excluding steroid dienone is 1. The van der Waals surface area contributed by atoms with Crippen molar-refractivity contribution < 1.29 is 13.9 Å². The van der Waals surface area contributed by atoms with Gasteiger partial charge in [0.25, 0.3) is 0 Å². The van der Waals surface area contributed by atoms with Crippen molar-refractivity contribution in [2.75, 3.05) is 7.11 Å². The third-order valence-corrected chi connectivity index (χ3v) is 2.88. The van der Waals surface area contributed by atoms with E-state index < -0.39 is 0 Å². The molecule has 0 amide bonds. The zero-order valence-corrected chi connectivity index (χ0v) is 9.07. The Hall–Kier alpha value is -1.64. The molecule has 0 radical (unpaired) electrons. The van der Waals surface area contributed by atoms with Gasteiger partial charge < -0.3 is 4.74 Å². The fraction of sp³-hybridized carbons (Fsp3) is 0.308. The maximum Gasteiger partial charge on any atom is 0.330 e. The molecule has 2 rings (SSSR count). The summed E-state index contributed by atoms with van der Waals surface area (Å²) >= 11 is 0. The fourth-order valence-corrected chi connectivity index (χ4v) is 1.89. The van der Waals surface area contributed by atoms with Crippen LogP contribution in [-0.2, 0) is 9.53 Å². The van der Waals surface area contributed by atoms with Gasteiger partial charge in [0, 0.05) is 6.08 Å². The summed E-state index contributed by atoms with van der Waals surface area (Å²) in [6, 6.07) is 6.54. The number of ether oxygens (including phenoxy) is 1. The first-order chi connectivity index (χ1) is 7.69. The first-order valence-corrected chi connectivity index (χ1v) is 5.22. The molecule has 0 unspecified atom stereocenters. The van der Waals surface area contributed by atoms with Crippen molar-refractivity contribution >= 4 is 5.97 Å². The Labute approximate surface area is 93.7 Å². The van der Waals surface area contributed by atoms with Crippen molar-refractivity contribution in [3.63, 3.8) is 0 Å². The second-order valence-electron chi connectivity index (χ2n) is 3.98. The van der Waals surface area contributed by atoms with Crippen LogP contribution in [0.25, 0.3) is 0 Å². The van der Waals surface area contributed by atoms with E-state index in [1.54, 1.807) is 18.2 Å².